The standard InChI is InChI=1S/C35H45F2N7O4/c1-7-30(45)41-32(35(48)43-18-16-42(6)17-19-43)23(5)25-10-13-28(27(37)20-25)39-33(46)31(22(4)24-8-11-26(36)12-9-24)34(47)40-29-14-15-38-44(29)21(2)3/h8-15,20-23,31-32H,7,16-19H2,1-6H3,(H,39,46)(H,40,47)(H,41,45)/t22-,23+,31+,32-/m1/s1. The zero-order valence-electron chi connectivity index (χ0n) is 28.3. The van der Waals surface area contributed by atoms with Gasteiger partial charge < -0.3 is 25.8 Å². The zero-order valence-corrected chi connectivity index (χ0v) is 28.3. The van der Waals surface area contributed by atoms with Gasteiger partial charge in [0.1, 0.15) is 29.4 Å². The van der Waals surface area contributed by atoms with Crippen LogP contribution in [-0.2, 0) is 19.2 Å². The maximum absolute atomic E-state index is 15.7. The molecular formula is C35H45F2N7O4. The van der Waals surface area contributed by atoms with Crippen LogP contribution in [0.2, 0.25) is 0 Å². The summed E-state index contributed by atoms with van der Waals surface area (Å²) in [6.45, 7) is 11.3. The van der Waals surface area contributed by atoms with Crippen molar-refractivity contribution in [1.82, 2.24) is 24.9 Å². The Morgan fingerprint density at radius 2 is 1.46 bits per heavy atom. The van der Waals surface area contributed by atoms with Crippen LogP contribution in [0.1, 0.15) is 70.0 Å². The summed E-state index contributed by atoms with van der Waals surface area (Å²) in [6, 6.07) is 10.3. The topological polar surface area (TPSA) is 129 Å². The molecule has 1 saturated heterocycles. The van der Waals surface area contributed by atoms with Gasteiger partial charge in [0.2, 0.25) is 23.6 Å². The molecule has 0 bridgehead atoms. The number of carbonyl (C=O) groups excluding carboxylic acids is 4. The number of amides is 4. The number of piperazine rings is 1. The summed E-state index contributed by atoms with van der Waals surface area (Å²) in [4.78, 5) is 57.2. The van der Waals surface area contributed by atoms with Crippen molar-refractivity contribution in [2.45, 2.75) is 65.0 Å². The van der Waals surface area contributed by atoms with Crippen LogP contribution >= 0.6 is 0 Å². The lowest BCUT2D eigenvalue weighted by Gasteiger charge is -2.36. The molecule has 4 rings (SSSR count). The van der Waals surface area contributed by atoms with Crippen LogP contribution in [0.5, 0.6) is 0 Å². The fraction of sp³-hybridized carbons (Fsp3) is 0.457. The highest BCUT2D eigenvalue weighted by Crippen LogP contribution is 2.30. The molecule has 3 aromatic rings. The van der Waals surface area contributed by atoms with Gasteiger partial charge in [-0.1, -0.05) is 39.0 Å². The zero-order chi connectivity index (χ0) is 35.1. The molecule has 0 saturated carbocycles. The maximum Gasteiger partial charge on any atom is 0.245 e. The normalized spacial score (nSPS) is 16.1. The number of rotatable bonds is 12. The van der Waals surface area contributed by atoms with Crippen LogP contribution < -0.4 is 16.0 Å². The Morgan fingerprint density at radius 3 is 2.06 bits per heavy atom. The van der Waals surface area contributed by atoms with E-state index in [0.717, 1.165) is 0 Å². The van der Waals surface area contributed by atoms with Gasteiger partial charge in [-0.3, -0.25) is 19.2 Å². The lowest BCUT2D eigenvalue weighted by atomic mass is 9.86. The van der Waals surface area contributed by atoms with Crippen molar-refractivity contribution < 1.29 is 28.0 Å². The first kappa shape index (κ1) is 36.2. The molecule has 1 aromatic heterocycles. The molecule has 1 aliphatic heterocycles. The molecule has 4 amide bonds. The number of halogens is 2. The average Bonchev–Trinajstić information content (AvgIpc) is 3.53. The van der Waals surface area contributed by atoms with Crippen LogP contribution in [0, 0.1) is 17.6 Å². The lowest BCUT2D eigenvalue weighted by Crippen LogP contribution is -2.55. The van der Waals surface area contributed by atoms with Gasteiger partial charge in [-0.25, -0.2) is 13.5 Å². The number of anilines is 2. The van der Waals surface area contributed by atoms with E-state index in [2.05, 4.69) is 25.9 Å². The Morgan fingerprint density at radius 1 is 0.833 bits per heavy atom. The second-order valence-corrected chi connectivity index (χ2v) is 12.6. The van der Waals surface area contributed by atoms with Gasteiger partial charge in [0.25, 0.3) is 0 Å². The molecular weight excluding hydrogens is 620 g/mol. The Bertz CT molecular complexity index is 1600. The Kier molecular flexibility index (Phi) is 12.0. The minimum atomic E-state index is -1.33. The SMILES string of the molecule is CCC(=O)N[C@@H](C(=O)N1CCN(C)CC1)[C@@H](C)c1ccc(NC(=O)[C@@H](C(=O)Nc2ccnn2C(C)C)[C@H](C)c2ccc(F)cc2)c(F)c1. The van der Waals surface area contributed by atoms with Crippen LogP contribution in [0.15, 0.2) is 54.7 Å². The third kappa shape index (κ3) is 8.62. The number of nitrogens with one attached hydrogen (secondary N) is 3. The second kappa shape index (κ2) is 16.0. The predicted octanol–water partition coefficient (Wildman–Crippen LogP) is 4.51. The molecule has 0 aliphatic carbocycles. The number of hydrogen-bond acceptors (Lipinski definition) is 6. The van der Waals surface area contributed by atoms with E-state index in [9.17, 15) is 23.6 Å². The fourth-order valence-electron chi connectivity index (χ4n) is 5.78. The van der Waals surface area contributed by atoms with Crippen molar-refractivity contribution in [3.05, 3.63) is 77.5 Å². The highest BCUT2D eigenvalue weighted by Gasteiger charge is 2.36. The van der Waals surface area contributed by atoms with Crippen LogP contribution in [0.3, 0.4) is 0 Å². The first-order valence-corrected chi connectivity index (χ1v) is 16.3. The van der Waals surface area contributed by atoms with E-state index < -0.39 is 47.2 Å². The van der Waals surface area contributed by atoms with Crippen molar-refractivity contribution in [2.24, 2.45) is 5.92 Å². The summed E-state index contributed by atoms with van der Waals surface area (Å²) in [7, 11) is 1.98. The van der Waals surface area contributed by atoms with Crippen LogP contribution in [-0.4, -0.2) is 82.5 Å². The smallest absolute Gasteiger partial charge is 0.245 e. The molecule has 48 heavy (non-hydrogen) atoms. The van der Waals surface area contributed by atoms with Crippen LogP contribution in [0.4, 0.5) is 20.3 Å². The first-order valence-electron chi connectivity index (χ1n) is 16.3. The van der Waals surface area contributed by atoms with Gasteiger partial charge in [-0.2, -0.15) is 5.10 Å². The fourth-order valence-corrected chi connectivity index (χ4v) is 5.78. The summed E-state index contributed by atoms with van der Waals surface area (Å²) in [5.41, 5.74) is 0.830. The number of nitrogens with zero attached hydrogens (tertiary/aromatic N) is 4. The Balaban J connectivity index is 1.58. The lowest BCUT2D eigenvalue weighted by molar-refractivity contribution is -0.138. The van der Waals surface area contributed by atoms with E-state index in [4.69, 9.17) is 0 Å². The van der Waals surface area contributed by atoms with Crippen molar-refractivity contribution in [1.29, 1.82) is 0 Å². The molecule has 258 valence electrons. The first-order chi connectivity index (χ1) is 22.8. The molecule has 1 aliphatic rings. The van der Waals surface area contributed by atoms with E-state index in [0.29, 0.717) is 43.1 Å². The third-order valence-electron chi connectivity index (χ3n) is 8.87. The van der Waals surface area contributed by atoms with E-state index in [1.54, 1.807) is 42.5 Å². The van der Waals surface area contributed by atoms with Crippen molar-refractivity contribution in [2.75, 3.05) is 43.9 Å². The molecule has 2 aromatic carbocycles. The third-order valence-corrected chi connectivity index (χ3v) is 8.87. The summed E-state index contributed by atoms with van der Waals surface area (Å²) in [5, 5.41) is 12.4. The van der Waals surface area contributed by atoms with Gasteiger partial charge in [0.05, 0.1) is 11.9 Å². The number of benzene rings is 2. The van der Waals surface area contributed by atoms with Gasteiger partial charge in [-0.15, -0.1) is 0 Å². The molecule has 2 heterocycles. The Labute approximate surface area is 280 Å². The van der Waals surface area contributed by atoms with Crippen molar-refractivity contribution in [3.8, 4) is 0 Å². The van der Waals surface area contributed by atoms with Crippen LogP contribution in [0.25, 0.3) is 0 Å². The van der Waals surface area contributed by atoms with Gasteiger partial charge >= 0.3 is 0 Å². The predicted molar refractivity (Wildman–Crippen MR) is 179 cm³/mol. The molecule has 1 fully saturated rings. The number of hydrogen-bond donors (Lipinski definition) is 3. The molecule has 0 unspecified atom stereocenters. The largest absolute Gasteiger partial charge is 0.344 e. The van der Waals surface area contributed by atoms with E-state index in [1.165, 1.54) is 42.6 Å². The van der Waals surface area contributed by atoms with Crippen molar-refractivity contribution >= 4 is 35.1 Å². The van der Waals surface area contributed by atoms with Gasteiger partial charge in [-0.05, 0) is 56.3 Å². The molecule has 13 heteroatoms. The molecule has 4 atom stereocenters. The maximum atomic E-state index is 15.7. The second-order valence-electron chi connectivity index (χ2n) is 12.6. The summed E-state index contributed by atoms with van der Waals surface area (Å²) < 4.78 is 31.0. The Hall–Kier alpha value is -4.65. The van der Waals surface area contributed by atoms with Crippen molar-refractivity contribution in [3.63, 3.8) is 0 Å². The average molecular weight is 666 g/mol. The quantitative estimate of drug-likeness (QED) is 0.244. The van der Waals surface area contributed by atoms with Gasteiger partial charge in [0, 0.05) is 56.5 Å². The number of carbonyl (C=O) groups is 4. The van der Waals surface area contributed by atoms with Gasteiger partial charge in [0.15, 0.2) is 0 Å². The van der Waals surface area contributed by atoms with E-state index >= 15 is 4.39 Å². The molecule has 11 nitrogen and oxygen atoms in total. The number of aromatic nitrogens is 2. The molecule has 0 spiro atoms. The van der Waals surface area contributed by atoms with E-state index in [-0.39, 0.29) is 30.0 Å². The summed E-state index contributed by atoms with van der Waals surface area (Å²) >= 11 is 0. The highest BCUT2D eigenvalue weighted by molar-refractivity contribution is 6.11. The minimum Gasteiger partial charge on any atom is -0.344 e. The summed E-state index contributed by atoms with van der Waals surface area (Å²) in [6.07, 6.45) is 1.71. The summed E-state index contributed by atoms with van der Waals surface area (Å²) in [5.74, 6) is -5.43. The number of likely N-dealkylation sites (N-methyl/N-ethyl adjacent to an activating group) is 1. The minimum absolute atomic E-state index is 0.0705. The molecule has 0 radical (unpaired) electrons. The van der Waals surface area contributed by atoms with E-state index in [1.807, 2.05) is 20.9 Å². The highest BCUT2D eigenvalue weighted by atomic mass is 19.1. The molecule has 3 N–H and O–H groups in total. The monoisotopic (exact) mass is 665 g/mol.